The van der Waals surface area contributed by atoms with E-state index in [4.69, 9.17) is 0 Å². The van der Waals surface area contributed by atoms with Gasteiger partial charge in [-0.25, -0.2) is 4.98 Å². The van der Waals surface area contributed by atoms with Crippen LogP contribution >= 0.6 is 0 Å². The molecule has 15 heavy (non-hydrogen) atoms. The third-order valence-corrected chi connectivity index (χ3v) is 2.10. The lowest BCUT2D eigenvalue weighted by Crippen LogP contribution is -2.22. The van der Waals surface area contributed by atoms with Crippen LogP contribution in [0, 0.1) is 0 Å². The van der Waals surface area contributed by atoms with Crippen LogP contribution in [0.3, 0.4) is 0 Å². The Morgan fingerprint density at radius 1 is 1.53 bits per heavy atom. The number of carbonyl (C=O) groups is 1. The highest BCUT2D eigenvalue weighted by Crippen LogP contribution is 2.02. The van der Waals surface area contributed by atoms with E-state index >= 15 is 0 Å². The molecule has 0 atom stereocenters. The molecule has 0 saturated heterocycles. The summed E-state index contributed by atoms with van der Waals surface area (Å²) in [5.74, 6) is 0.0985. The lowest BCUT2D eigenvalue weighted by atomic mass is 10.2. The van der Waals surface area contributed by atoms with Crippen molar-refractivity contribution < 1.29 is 6.22 Å². The molecule has 0 aromatic carbocycles. The average Bonchev–Trinajstić information content (AvgIpc) is 2.25. The third-order valence-electron chi connectivity index (χ3n) is 2.10. The Labute approximate surface area is 92.4 Å². The van der Waals surface area contributed by atoms with E-state index in [-0.39, 0.29) is 7.21 Å². The molecular formula is C12H20N2O. The maximum Gasteiger partial charge on any atom is 0.180 e. The predicted octanol–water partition coefficient (Wildman–Crippen LogP) is 2.42. The molecule has 0 radical (unpaired) electrons. The minimum absolute atomic E-state index is 0. The number of Topliss-reactive ketones (excluding diaryl/α,β-unsaturated/α-hetero) is 1. The summed E-state index contributed by atoms with van der Waals surface area (Å²) >= 11 is 0. The van der Waals surface area contributed by atoms with Gasteiger partial charge in [0.05, 0.1) is 5.69 Å². The van der Waals surface area contributed by atoms with Gasteiger partial charge in [0.1, 0.15) is 5.69 Å². The zero-order valence-electron chi connectivity index (χ0n) is 9.58. The summed E-state index contributed by atoms with van der Waals surface area (Å²) in [6.07, 6.45) is 0.508. The smallest absolute Gasteiger partial charge is 0.180 e. The van der Waals surface area contributed by atoms with Crippen molar-refractivity contribution in [2.45, 2.75) is 39.8 Å². The predicted molar refractivity (Wildman–Crippen MR) is 62.9 cm³/mol. The number of hydrogen-bond donors (Lipinski definition) is 1. The number of pyridine rings is 1. The second-order valence-electron chi connectivity index (χ2n) is 3.83. The van der Waals surface area contributed by atoms with Crippen molar-refractivity contribution in [2.75, 3.05) is 0 Å². The first-order valence-corrected chi connectivity index (χ1v) is 5.36. The van der Waals surface area contributed by atoms with E-state index in [1.807, 2.05) is 19.1 Å². The van der Waals surface area contributed by atoms with Gasteiger partial charge in [0.15, 0.2) is 5.78 Å². The van der Waals surface area contributed by atoms with Crippen molar-refractivity contribution in [1.82, 2.24) is 10.3 Å². The Kier molecular flexibility index (Phi) is 4.43. The largest absolute Gasteiger partial charge is 0.309 e. The molecule has 84 valence electrons. The van der Waals surface area contributed by atoms with Crippen LogP contribution in [0.4, 0.5) is 0 Å². The minimum Gasteiger partial charge on any atom is -0.309 e. The average molecular weight is 208 g/mol. The molecule has 3 nitrogen and oxygen atoms in total. The summed E-state index contributed by atoms with van der Waals surface area (Å²) in [4.78, 5) is 15.7. The molecule has 0 aliphatic carbocycles. The van der Waals surface area contributed by atoms with Gasteiger partial charge in [-0.3, -0.25) is 4.79 Å². The SMILES string of the molecule is CCC(=O)c1cccc(CNC(C)C)n1.[HH]. The normalized spacial score (nSPS) is 10.7. The number of ketones is 1. The fourth-order valence-electron chi connectivity index (χ4n) is 1.22. The van der Waals surface area contributed by atoms with Gasteiger partial charge in [-0.15, -0.1) is 0 Å². The summed E-state index contributed by atoms with van der Waals surface area (Å²) in [6.45, 7) is 6.73. The molecule has 1 N–H and O–H groups in total. The lowest BCUT2D eigenvalue weighted by molar-refractivity contribution is 0.0983. The van der Waals surface area contributed by atoms with E-state index in [0.717, 1.165) is 5.69 Å². The summed E-state index contributed by atoms with van der Waals surface area (Å²) in [5.41, 5.74) is 1.49. The molecule has 1 aromatic heterocycles. The van der Waals surface area contributed by atoms with Gasteiger partial charge in [-0.05, 0) is 12.1 Å². The van der Waals surface area contributed by atoms with E-state index in [1.54, 1.807) is 6.07 Å². The molecule has 0 fully saturated rings. The molecule has 1 aromatic rings. The van der Waals surface area contributed by atoms with Crippen LogP contribution in [-0.4, -0.2) is 16.8 Å². The van der Waals surface area contributed by atoms with Crippen molar-refractivity contribution >= 4 is 5.78 Å². The van der Waals surface area contributed by atoms with E-state index in [9.17, 15) is 4.79 Å². The lowest BCUT2D eigenvalue weighted by Gasteiger charge is -2.07. The molecule has 0 bridgehead atoms. The zero-order chi connectivity index (χ0) is 11.3. The number of aromatic nitrogens is 1. The fourth-order valence-corrected chi connectivity index (χ4v) is 1.22. The number of carbonyl (C=O) groups excluding carboxylic acids is 1. The van der Waals surface area contributed by atoms with Crippen LogP contribution in [-0.2, 0) is 6.54 Å². The van der Waals surface area contributed by atoms with Gasteiger partial charge in [0.25, 0.3) is 0 Å². The maximum absolute atomic E-state index is 11.4. The molecule has 0 amide bonds. The fraction of sp³-hybridized carbons (Fsp3) is 0.500. The molecule has 0 unspecified atom stereocenters. The van der Waals surface area contributed by atoms with Gasteiger partial charge in [-0.2, -0.15) is 0 Å². The van der Waals surface area contributed by atoms with Crippen LogP contribution in [0.15, 0.2) is 18.2 Å². The second kappa shape index (κ2) is 5.61. The van der Waals surface area contributed by atoms with E-state index in [0.29, 0.717) is 24.7 Å². The van der Waals surface area contributed by atoms with Crippen molar-refractivity contribution in [3.05, 3.63) is 29.6 Å². The molecule has 0 spiro atoms. The summed E-state index contributed by atoms with van der Waals surface area (Å²) in [7, 11) is 0. The highest BCUT2D eigenvalue weighted by molar-refractivity contribution is 5.93. The maximum atomic E-state index is 11.4. The highest BCUT2D eigenvalue weighted by Gasteiger charge is 2.05. The van der Waals surface area contributed by atoms with Crippen LogP contribution in [0.25, 0.3) is 0 Å². The number of rotatable bonds is 5. The van der Waals surface area contributed by atoms with Crippen LogP contribution in [0.5, 0.6) is 0 Å². The van der Waals surface area contributed by atoms with E-state index in [2.05, 4.69) is 24.1 Å². The van der Waals surface area contributed by atoms with Gasteiger partial charge >= 0.3 is 0 Å². The monoisotopic (exact) mass is 208 g/mol. The van der Waals surface area contributed by atoms with E-state index in [1.165, 1.54) is 0 Å². The molecular weight excluding hydrogens is 188 g/mol. The van der Waals surface area contributed by atoms with Gasteiger partial charge < -0.3 is 5.32 Å². The second-order valence-corrected chi connectivity index (χ2v) is 3.83. The first-order chi connectivity index (χ1) is 7.13. The minimum atomic E-state index is 0. The van der Waals surface area contributed by atoms with Crippen molar-refractivity contribution in [3.8, 4) is 0 Å². The molecule has 1 rings (SSSR count). The highest BCUT2D eigenvalue weighted by atomic mass is 16.1. The molecule has 0 aliphatic heterocycles. The van der Waals surface area contributed by atoms with Gasteiger partial charge in [-0.1, -0.05) is 26.8 Å². The standard InChI is InChI=1S/C12H18N2O.H2/c1-4-12(15)11-7-5-6-10(14-11)8-13-9(2)3;/h5-7,9,13H,4,8H2,1-3H3;1H. The molecule has 3 heteroatoms. The Balaban J connectivity index is 0.00000225. The summed E-state index contributed by atoms with van der Waals surface area (Å²) in [5, 5.41) is 3.27. The Hall–Kier alpha value is -1.22. The number of nitrogens with one attached hydrogen (secondary N) is 1. The molecule has 0 saturated carbocycles. The first kappa shape index (κ1) is 11.9. The van der Waals surface area contributed by atoms with E-state index < -0.39 is 0 Å². The van der Waals surface area contributed by atoms with Crippen LogP contribution in [0.1, 0.15) is 44.8 Å². The first-order valence-electron chi connectivity index (χ1n) is 5.36. The van der Waals surface area contributed by atoms with Gasteiger partial charge in [0, 0.05) is 20.4 Å². The topological polar surface area (TPSA) is 42.0 Å². The van der Waals surface area contributed by atoms with Crippen LogP contribution < -0.4 is 5.32 Å². The Morgan fingerprint density at radius 3 is 2.87 bits per heavy atom. The summed E-state index contributed by atoms with van der Waals surface area (Å²) < 4.78 is 0. The third kappa shape index (κ3) is 3.80. The van der Waals surface area contributed by atoms with Crippen LogP contribution in [0.2, 0.25) is 0 Å². The Morgan fingerprint density at radius 2 is 2.27 bits per heavy atom. The van der Waals surface area contributed by atoms with Crippen molar-refractivity contribution in [1.29, 1.82) is 0 Å². The number of nitrogens with zero attached hydrogens (tertiary/aromatic N) is 1. The van der Waals surface area contributed by atoms with Gasteiger partial charge in [0.2, 0.25) is 0 Å². The molecule has 0 aliphatic rings. The Bertz CT molecular complexity index is 340. The zero-order valence-corrected chi connectivity index (χ0v) is 9.58. The molecule has 1 heterocycles. The number of hydrogen-bond acceptors (Lipinski definition) is 3. The van der Waals surface area contributed by atoms with Crippen molar-refractivity contribution in [2.24, 2.45) is 0 Å². The quantitative estimate of drug-likeness (QED) is 0.756. The van der Waals surface area contributed by atoms with Crippen molar-refractivity contribution in [3.63, 3.8) is 0 Å². The summed E-state index contributed by atoms with van der Waals surface area (Å²) in [6, 6.07) is 6.01.